The Kier molecular flexibility index (Phi) is 4.09. The Morgan fingerprint density at radius 2 is 1.96 bits per heavy atom. The zero-order valence-corrected chi connectivity index (χ0v) is 13.4. The van der Waals surface area contributed by atoms with E-state index in [0.29, 0.717) is 5.69 Å². The number of rotatable bonds is 5. The standard InChI is InChI=1S/C15H13N3O5S/c1-22-15(19)13-7-8-14(23-13)24(20,21)17-11-3-5-12(6-4-11)18-10-2-9-16-18/h2-10,17H,1H3. The number of anilines is 1. The zero-order valence-electron chi connectivity index (χ0n) is 12.5. The molecule has 2 aromatic heterocycles. The molecule has 0 radical (unpaired) electrons. The topological polar surface area (TPSA) is 103 Å². The summed E-state index contributed by atoms with van der Waals surface area (Å²) in [6, 6.07) is 10.8. The molecule has 3 aromatic rings. The summed E-state index contributed by atoms with van der Waals surface area (Å²) in [5.41, 5.74) is 1.14. The number of hydrogen-bond acceptors (Lipinski definition) is 6. The van der Waals surface area contributed by atoms with Crippen LogP contribution >= 0.6 is 0 Å². The van der Waals surface area contributed by atoms with Gasteiger partial charge in [-0.05, 0) is 42.5 Å². The third kappa shape index (κ3) is 3.15. The van der Waals surface area contributed by atoms with Gasteiger partial charge < -0.3 is 9.15 Å². The van der Waals surface area contributed by atoms with Gasteiger partial charge in [0.05, 0.1) is 12.8 Å². The summed E-state index contributed by atoms with van der Waals surface area (Å²) < 4.78 is 38.0. The van der Waals surface area contributed by atoms with Crippen LogP contribution in [0.5, 0.6) is 0 Å². The Labute approximate surface area is 137 Å². The summed E-state index contributed by atoms with van der Waals surface area (Å²) >= 11 is 0. The second-order valence-corrected chi connectivity index (χ2v) is 6.33. The summed E-state index contributed by atoms with van der Waals surface area (Å²) in [7, 11) is -2.77. The number of sulfonamides is 1. The highest BCUT2D eigenvalue weighted by Crippen LogP contribution is 2.20. The molecule has 124 valence electrons. The summed E-state index contributed by atoms with van der Waals surface area (Å²) in [6.07, 6.45) is 3.42. The van der Waals surface area contributed by atoms with Crippen LogP contribution in [0.3, 0.4) is 0 Å². The van der Waals surface area contributed by atoms with Crippen molar-refractivity contribution in [2.45, 2.75) is 5.09 Å². The monoisotopic (exact) mass is 347 g/mol. The molecule has 0 amide bonds. The van der Waals surface area contributed by atoms with E-state index in [1.807, 2.05) is 0 Å². The normalized spacial score (nSPS) is 11.2. The number of hydrogen-bond donors (Lipinski definition) is 1. The fourth-order valence-electron chi connectivity index (χ4n) is 1.98. The van der Waals surface area contributed by atoms with E-state index in [0.717, 1.165) is 5.69 Å². The number of ether oxygens (including phenoxy) is 1. The van der Waals surface area contributed by atoms with Crippen molar-refractivity contribution in [2.75, 3.05) is 11.8 Å². The lowest BCUT2D eigenvalue weighted by molar-refractivity contribution is 0.0559. The van der Waals surface area contributed by atoms with Crippen LogP contribution in [0.15, 0.2) is 64.4 Å². The molecule has 8 nitrogen and oxygen atoms in total. The van der Waals surface area contributed by atoms with Crippen molar-refractivity contribution >= 4 is 21.7 Å². The minimum absolute atomic E-state index is 0.188. The van der Waals surface area contributed by atoms with Crippen molar-refractivity contribution in [3.05, 3.63) is 60.6 Å². The molecular weight excluding hydrogens is 334 g/mol. The first kappa shape index (κ1) is 15.8. The smallest absolute Gasteiger partial charge is 0.374 e. The van der Waals surface area contributed by atoms with Crippen molar-refractivity contribution < 1.29 is 22.4 Å². The minimum atomic E-state index is -3.95. The van der Waals surface area contributed by atoms with Gasteiger partial charge in [-0.15, -0.1) is 0 Å². The molecule has 0 unspecified atom stereocenters. The first-order chi connectivity index (χ1) is 11.5. The minimum Gasteiger partial charge on any atom is -0.463 e. The molecule has 0 bridgehead atoms. The van der Waals surface area contributed by atoms with Gasteiger partial charge >= 0.3 is 5.97 Å². The number of nitrogens with zero attached hydrogens (tertiary/aromatic N) is 2. The number of benzene rings is 1. The van der Waals surface area contributed by atoms with E-state index >= 15 is 0 Å². The van der Waals surface area contributed by atoms with Gasteiger partial charge in [0, 0.05) is 18.1 Å². The third-order valence-corrected chi connectivity index (χ3v) is 4.37. The van der Waals surface area contributed by atoms with Crippen LogP contribution in [0.25, 0.3) is 5.69 Å². The highest BCUT2D eigenvalue weighted by molar-refractivity contribution is 7.92. The van der Waals surface area contributed by atoms with Crippen molar-refractivity contribution in [3.63, 3.8) is 0 Å². The van der Waals surface area contributed by atoms with Crippen molar-refractivity contribution in [2.24, 2.45) is 0 Å². The molecule has 1 aromatic carbocycles. The number of esters is 1. The van der Waals surface area contributed by atoms with Crippen LogP contribution in [0.2, 0.25) is 0 Å². The lowest BCUT2D eigenvalue weighted by atomic mass is 10.3. The SMILES string of the molecule is COC(=O)c1ccc(S(=O)(=O)Nc2ccc(-n3cccn3)cc2)o1. The van der Waals surface area contributed by atoms with Crippen LogP contribution in [-0.4, -0.2) is 31.3 Å². The molecule has 0 saturated heterocycles. The quantitative estimate of drug-likeness (QED) is 0.709. The van der Waals surface area contributed by atoms with Gasteiger partial charge in [-0.3, -0.25) is 4.72 Å². The molecule has 1 N–H and O–H groups in total. The molecule has 0 aliphatic rings. The second-order valence-electron chi connectivity index (χ2n) is 4.71. The summed E-state index contributed by atoms with van der Waals surface area (Å²) in [4.78, 5) is 11.3. The number of methoxy groups -OCH3 is 1. The fraction of sp³-hybridized carbons (Fsp3) is 0.0667. The van der Waals surface area contributed by atoms with Crippen LogP contribution in [0, 0.1) is 0 Å². The maximum atomic E-state index is 12.3. The van der Waals surface area contributed by atoms with Crippen LogP contribution < -0.4 is 4.72 Å². The average molecular weight is 347 g/mol. The third-order valence-electron chi connectivity index (χ3n) is 3.12. The van der Waals surface area contributed by atoms with Gasteiger partial charge in [0.15, 0.2) is 0 Å². The van der Waals surface area contributed by atoms with Crippen LogP contribution in [-0.2, 0) is 14.8 Å². The lowest BCUT2D eigenvalue weighted by Crippen LogP contribution is -2.12. The Morgan fingerprint density at radius 3 is 2.58 bits per heavy atom. The average Bonchev–Trinajstić information content (AvgIpc) is 3.26. The van der Waals surface area contributed by atoms with Crippen LogP contribution in [0.4, 0.5) is 5.69 Å². The number of carbonyl (C=O) groups is 1. The molecule has 0 fully saturated rings. The van der Waals surface area contributed by atoms with E-state index in [2.05, 4.69) is 14.6 Å². The number of carbonyl (C=O) groups excluding carboxylic acids is 1. The number of furan rings is 1. The number of aromatic nitrogens is 2. The van der Waals surface area contributed by atoms with Crippen molar-refractivity contribution in [1.82, 2.24) is 9.78 Å². The first-order valence-electron chi connectivity index (χ1n) is 6.81. The second kappa shape index (κ2) is 6.20. The Bertz CT molecular complexity index is 943. The van der Waals surface area contributed by atoms with Gasteiger partial charge in [-0.1, -0.05) is 0 Å². The van der Waals surface area contributed by atoms with E-state index in [9.17, 15) is 13.2 Å². The molecule has 2 heterocycles. The van der Waals surface area contributed by atoms with E-state index < -0.39 is 16.0 Å². The molecular formula is C15H13N3O5S. The van der Waals surface area contributed by atoms with E-state index in [1.54, 1.807) is 47.4 Å². The molecule has 0 saturated carbocycles. The van der Waals surface area contributed by atoms with Crippen LogP contribution in [0.1, 0.15) is 10.6 Å². The predicted octanol–water partition coefficient (Wildman–Crippen LogP) is 2.05. The molecule has 0 aliphatic heterocycles. The summed E-state index contributed by atoms with van der Waals surface area (Å²) in [6.45, 7) is 0. The lowest BCUT2D eigenvalue weighted by Gasteiger charge is -2.07. The molecule has 0 spiro atoms. The Morgan fingerprint density at radius 1 is 1.21 bits per heavy atom. The predicted molar refractivity (Wildman–Crippen MR) is 84.4 cm³/mol. The molecule has 0 aliphatic carbocycles. The highest BCUT2D eigenvalue weighted by Gasteiger charge is 2.21. The highest BCUT2D eigenvalue weighted by atomic mass is 32.2. The van der Waals surface area contributed by atoms with Gasteiger partial charge in [0.25, 0.3) is 10.0 Å². The van der Waals surface area contributed by atoms with Gasteiger partial charge in [0.2, 0.25) is 10.9 Å². The van der Waals surface area contributed by atoms with Gasteiger partial charge in [-0.2, -0.15) is 13.5 Å². The molecule has 0 atom stereocenters. The van der Waals surface area contributed by atoms with Gasteiger partial charge in [0.1, 0.15) is 0 Å². The Hall–Kier alpha value is -3.07. The Balaban J connectivity index is 1.79. The summed E-state index contributed by atoms with van der Waals surface area (Å²) in [5.74, 6) is -0.938. The molecule has 24 heavy (non-hydrogen) atoms. The summed E-state index contributed by atoms with van der Waals surface area (Å²) in [5, 5.41) is 3.71. The molecule has 9 heteroatoms. The van der Waals surface area contributed by atoms with E-state index in [4.69, 9.17) is 4.42 Å². The van der Waals surface area contributed by atoms with Crippen molar-refractivity contribution in [1.29, 1.82) is 0 Å². The fourth-order valence-corrected chi connectivity index (χ4v) is 2.98. The van der Waals surface area contributed by atoms with Gasteiger partial charge in [-0.25, -0.2) is 9.48 Å². The van der Waals surface area contributed by atoms with E-state index in [1.165, 1.54) is 19.2 Å². The molecule has 3 rings (SSSR count). The first-order valence-corrected chi connectivity index (χ1v) is 8.29. The maximum Gasteiger partial charge on any atom is 0.374 e. The largest absolute Gasteiger partial charge is 0.463 e. The van der Waals surface area contributed by atoms with Crippen molar-refractivity contribution in [3.8, 4) is 5.69 Å². The zero-order chi connectivity index (χ0) is 17.2. The maximum absolute atomic E-state index is 12.3. The number of nitrogens with one attached hydrogen (secondary N) is 1. The van der Waals surface area contributed by atoms with E-state index in [-0.39, 0.29) is 10.9 Å².